The van der Waals surface area contributed by atoms with Gasteiger partial charge in [0.15, 0.2) is 5.03 Å². The number of carbonyl (C=O) groups is 2. The third kappa shape index (κ3) is 15.6. The molecule has 1 rings (SSSR count). The van der Waals surface area contributed by atoms with Gasteiger partial charge in [-0.3, -0.25) is 9.59 Å². The molecule has 0 radical (unpaired) electrons. The first kappa shape index (κ1) is 33.9. The molecule has 0 bridgehead atoms. The van der Waals surface area contributed by atoms with Gasteiger partial charge in [-0.1, -0.05) is 38.8 Å². The van der Waals surface area contributed by atoms with Crippen LogP contribution in [0.5, 0.6) is 0 Å². The van der Waals surface area contributed by atoms with Gasteiger partial charge in [-0.25, -0.2) is 19.5 Å². The van der Waals surface area contributed by atoms with E-state index in [1.807, 2.05) is 13.8 Å². The van der Waals surface area contributed by atoms with Crippen LogP contribution < -0.4 is 16.5 Å². The molecule has 6 N–H and O–H groups in total. The van der Waals surface area contributed by atoms with E-state index >= 15 is 0 Å². The number of benzene rings is 1. The van der Waals surface area contributed by atoms with E-state index in [-0.39, 0.29) is 56.7 Å². The third-order valence-electron chi connectivity index (χ3n) is 5.54. The van der Waals surface area contributed by atoms with E-state index in [1.54, 1.807) is 17.6 Å². The number of nitrogens with two attached hydrogens (primary N) is 1. The quantitative estimate of drug-likeness (QED) is 0.0512. The Morgan fingerprint density at radius 1 is 1.19 bits per heavy atom. The minimum atomic E-state index is -1.74. The number of nitro groups is 1. The molecule has 11 nitrogen and oxygen atoms in total. The van der Waals surface area contributed by atoms with E-state index in [9.17, 15) is 34.1 Å². The first-order chi connectivity index (χ1) is 17.0. The van der Waals surface area contributed by atoms with Crippen LogP contribution in [0, 0.1) is 27.8 Å². The highest BCUT2D eigenvalue weighted by atomic mass is 19.1. The molecule has 13 heteroatoms. The van der Waals surface area contributed by atoms with Gasteiger partial charge in [-0.15, -0.1) is 0 Å². The van der Waals surface area contributed by atoms with E-state index in [0.717, 1.165) is 12.0 Å². The number of ketones is 1. The number of unbranched alkanes of at least 4 members (excludes halogenated alkanes) is 1. The Hall–Kier alpha value is -3.06. The Kier molecular flexibility index (Phi) is 16.7. The molecule has 1 aromatic rings. The number of nitrogens with zero attached hydrogens (tertiary/aromatic N) is 2. The Balaban J connectivity index is 0.0000130. The molecule has 1 aromatic carbocycles. The third-order valence-corrected chi connectivity index (χ3v) is 5.54. The first-order valence-electron chi connectivity index (χ1n) is 12.1. The number of rotatable bonds is 17. The van der Waals surface area contributed by atoms with Gasteiger partial charge < -0.3 is 21.1 Å². The second-order valence-corrected chi connectivity index (χ2v) is 9.21. The fraction of sp³-hybridized carbons (Fsp3) is 0.625. The molecule has 0 saturated carbocycles. The maximum absolute atomic E-state index is 13.0. The summed E-state index contributed by atoms with van der Waals surface area (Å²) in [5.41, 5.74) is 8.09. The standard InChI is InChI=1S/C23H37BFN5O6.CH4/c1-16(2)14-21(24(33)34)28-22(32)18(7-5-13-27-23(26)29-30(35)36)15-20(31)8-4-3-6-17-9-11-19(25)12-10-17;/h9-12,16,18,21,33-34H,3-8,13-15H2,1-2H3,(H,28,32)(H3,26,27,29);1H4/t18-,21+;/m1./s1. The lowest BCUT2D eigenvalue weighted by atomic mass is 9.74. The summed E-state index contributed by atoms with van der Waals surface area (Å²) in [6.07, 6.45) is 3.26. The van der Waals surface area contributed by atoms with Crippen molar-refractivity contribution in [3.8, 4) is 0 Å². The molecule has 0 spiro atoms. The highest BCUT2D eigenvalue weighted by Gasteiger charge is 2.29. The van der Waals surface area contributed by atoms with E-state index in [4.69, 9.17) is 5.73 Å². The van der Waals surface area contributed by atoms with E-state index in [1.165, 1.54) is 12.1 Å². The molecule has 0 heterocycles. The van der Waals surface area contributed by atoms with E-state index < -0.39 is 29.9 Å². The van der Waals surface area contributed by atoms with Crippen LogP contribution in [0.1, 0.15) is 71.8 Å². The van der Waals surface area contributed by atoms with Crippen LogP contribution in [-0.4, -0.2) is 52.3 Å². The van der Waals surface area contributed by atoms with Crippen molar-refractivity contribution in [3.05, 3.63) is 45.8 Å². The predicted octanol–water partition coefficient (Wildman–Crippen LogP) is 2.17. The van der Waals surface area contributed by atoms with Crippen molar-refractivity contribution >= 4 is 24.8 Å². The fourth-order valence-electron chi connectivity index (χ4n) is 3.73. The molecule has 2 atom stereocenters. The Labute approximate surface area is 218 Å². The van der Waals surface area contributed by atoms with Gasteiger partial charge in [0.25, 0.3) is 5.96 Å². The summed E-state index contributed by atoms with van der Waals surface area (Å²) in [4.78, 5) is 39.7. The minimum Gasteiger partial charge on any atom is -0.426 e. The molecule has 0 aliphatic carbocycles. The van der Waals surface area contributed by atoms with Gasteiger partial charge in [-0.05, 0) is 62.1 Å². The molecular formula is C24H41BFN5O6. The number of aryl methyl sites for hydroxylation is 1. The van der Waals surface area contributed by atoms with Crippen LogP contribution in [0.15, 0.2) is 29.3 Å². The number of halogens is 1. The number of hydrazine groups is 1. The summed E-state index contributed by atoms with van der Waals surface area (Å²) >= 11 is 0. The summed E-state index contributed by atoms with van der Waals surface area (Å²) in [6.45, 7) is 3.88. The largest absolute Gasteiger partial charge is 0.475 e. The van der Waals surface area contributed by atoms with Crippen molar-refractivity contribution in [2.75, 3.05) is 6.54 Å². The van der Waals surface area contributed by atoms with Crippen LogP contribution >= 0.6 is 0 Å². The molecule has 0 unspecified atom stereocenters. The van der Waals surface area contributed by atoms with Crippen LogP contribution in [0.2, 0.25) is 0 Å². The van der Waals surface area contributed by atoms with Gasteiger partial charge in [-0.2, -0.15) is 0 Å². The second-order valence-electron chi connectivity index (χ2n) is 9.21. The molecule has 1 amide bonds. The Morgan fingerprint density at radius 2 is 1.84 bits per heavy atom. The summed E-state index contributed by atoms with van der Waals surface area (Å²) in [7, 11) is -1.74. The van der Waals surface area contributed by atoms with Crippen molar-refractivity contribution in [2.24, 2.45) is 22.6 Å². The predicted molar refractivity (Wildman–Crippen MR) is 141 cm³/mol. The topological polar surface area (TPSA) is 180 Å². The Bertz CT molecular complexity index is 870. The highest BCUT2D eigenvalue weighted by Crippen LogP contribution is 2.17. The normalized spacial score (nSPS) is 12.9. The van der Waals surface area contributed by atoms with Crippen molar-refractivity contribution in [1.82, 2.24) is 10.7 Å². The fourth-order valence-corrected chi connectivity index (χ4v) is 3.73. The van der Waals surface area contributed by atoms with Gasteiger partial charge in [0, 0.05) is 25.3 Å². The number of aliphatic imine (C=N–C) groups is 1. The van der Waals surface area contributed by atoms with Crippen molar-refractivity contribution in [3.63, 3.8) is 0 Å². The van der Waals surface area contributed by atoms with E-state index in [2.05, 4.69) is 10.3 Å². The van der Waals surface area contributed by atoms with Crippen molar-refractivity contribution in [2.45, 2.75) is 78.6 Å². The van der Waals surface area contributed by atoms with Crippen molar-refractivity contribution < 1.29 is 29.1 Å². The first-order valence-corrected chi connectivity index (χ1v) is 12.1. The number of amides is 1. The summed E-state index contributed by atoms with van der Waals surface area (Å²) in [5, 5.41) is 31.5. The highest BCUT2D eigenvalue weighted by molar-refractivity contribution is 6.43. The minimum absolute atomic E-state index is 0. The van der Waals surface area contributed by atoms with Gasteiger partial charge >= 0.3 is 7.12 Å². The lowest BCUT2D eigenvalue weighted by molar-refractivity contribution is -0.525. The van der Waals surface area contributed by atoms with Gasteiger partial charge in [0.2, 0.25) is 5.91 Å². The second kappa shape index (κ2) is 18.2. The molecule has 0 aliphatic heterocycles. The molecule has 37 heavy (non-hydrogen) atoms. The average Bonchev–Trinajstić information content (AvgIpc) is 2.78. The molecular weight excluding hydrogens is 484 g/mol. The number of carbonyl (C=O) groups excluding carboxylic acids is 2. The zero-order valence-corrected chi connectivity index (χ0v) is 20.9. The zero-order chi connectivity index (χ0) is 27.1. The van der Waals surface area contributed by atoms with Crippen LogP contribution in [0.3, 0.4) is 0 Å². The molecule has 208 valence electrons. The Morgan fingerprint density at radius 3 is 2.41 bits per heavy atom. The van der Waals surface area contributed by atoms with Crippen LogP contribution in [0.4, 0.5) is 4.39 Å². The maximum atomic E-state index is 13.0. The van der Waals surface area contributed by atoms with Crippen LogP contribution in [-0.2, 0) is 16.0 Å². The number of nitrogens with one attached hydrogen (secondary N) is 2. The molecule has 0 aromatic heterocycles. The molecule has 0 saturated heterocycles. The monoisotopic (exact) mass is 525 g/mol. The lowest BCUT2D eigenvalue weighted by Gasteiger charge is -2.23. The van der Waals surface area contributed by atoms with Crippen molar-refractivity contribution in [1.29, 1.82) is 0 Å². The van der Waals surface area contributed by atoms with Gasteiger partial charge in [0.1, 0.15) is 11.6 Å². The summed E-state index contributed by atoms with van der Waals surface area (Å²) < 4.78 is 13.0. The summed E-state index contributed by atoms with van der Waals surface area (Å²) in [6, 6.07) is 6.20. The summed E-state index contributed by atoms with van der Waals surface area (Å²) in [5.74, 6) is -2.72. The molecule has 0 fully saturated rings. The molecule has 0 aliphatic rings. The van der Waals surface area contributed by atoms with Gasteiger partial charge in [0.05, 0.1) is 5.94 Å². The van der Waals surface area contributed by atoms with E-state index in [0.29, 0.717) is 25.7 Å². The van der Waals surface area contributed by atoms with Crippen LogP contribution in [0.25, 0.3) is 0 Å². The zero-order valence-electron chi connectivity index (χ0n) is 20.9. The number of Topliss-reactive ketones (excluding diaryl/α,β-unsaturated/α-hetero) is 1. The number of hydrogen-bond acceptors (Lipinski definition) is 7. The number of hydrogen-bond donors (Lipinski definition) is 5. The maximum Gasteiger partial charge on any atom is 0.475 e. The SMILES string of the molecule is C.CC(C)C[C@H](NC(=O)[C@H](CCCN=C(N)N[N+](=O)[O-])CC(=O)CCCCc1ccc(F)cc1)B(O)O. The smallest absolute Gasteiger partial charge is 0.426 e. The lowest BCUT2D eigenvalue weighted by Crippen LogP contribution is -2.49. The number of guanidine groups is 1. The average molecular weight is 525 g/mol.